The van der Waals surface area contributed by atoms with E-state index in [0.29, 0.717) is 11.5 Å². The maximum absolute atomic E-state index is 12.4. The number of rotatable bonds is 5. The molecule has 0 aromatic heterocycles. The van der Waals surface area contributed by atoms with Gasteiger partial charge >= 0.3 is 6.03 Å². The number of nitrogens with zero attached hydrogens (tertiary/aromatic N) is 1. The van der Waals surface area contributed by atoms with Crippen LogP contribution in [0.5, 0.6) is 11.5 Å². The Morgan fingerprint density at radius 2 is 1.80 bits per heavy atom. The number of aryl methyl sites for hydroxylation is 1. The number of likely N-dealkylation sites (tertiary alicyclic amines) is 1. The van der Waals surface area contributed by atoms with Gasteiger partial charge in [0.05, 0.1) is 14.2 Å². The summed E-state index contributed by atoms with van der Waals surface area (Å²) in [5.41, 5.74) is 1.67. The van der Waals surface area contributed by atoms with E-state index in [1.54, 1.807) is 20.3 Å². The Kier molecular flexibility index (Phi) is 5.68. The van der Waals surface area contributed by atoms with Gasteiger partial charge in [-0.05, 0) is 37.8 Å². The van der Waals surface area contributed by atoms with Gasteiger partial charge in [-0.2, -0.15) is 0 Å². The number of benzene rings is 1. The standard InChI is InChI=1S/C19H29N3O3/c1-13-10-17(24-2)18(25-3)11-16(13)21-19(23)20-14-8-9-22(12-14)15-6-4-5-7-15/h10-11,14-15H,4-9,12H2,1-3H3,(H2,20,21,23)/t14-/m0/s1. The summed E-state index contributed by atoms with van der Waals surface area (Å²) < 4.78 is 10.6. The summed E-state index contributed by atoms with van der Waals surface area (Å²) in [6.45, 7) is 3.99. The highest BCUT2D eigenvalue weighted by Crippen LogP contribution is 2.33. The van der Waals surface area contributed by atoms with Crippen molar-refractivity contribution >= 4 is 11.7 Å². The molecule has 0 radical (unpaired) electrons. The van der Waals surface area contributed by atoms with Crippen molar-refractivity contribution in [3.8, 4) is 11.5 Å². The van der Waals surface area contributed by atoms with Crippen LogP contribution in [0.2, 0.25) is 0 Å². The second kappa shape index (κ2) is 7.95. The van der Waals surface area contributed by atoms with Crippen molar-refractivity contribution in [2.45, 2.75) is 51.1 Å². The second-order valence-electron chi connectivity index (χ2n) is 7.04. The summed E-state index contributed by atoms with van der Waals surface area (Å²) in [6.07, 6.45) is 6.33. The summed E-state index contributed by atoms with van der Waals surface area (Å²) >= 11 is 0. The lowest BCUT2D eigenvalue weighted by Crippen LogP contribution is -2.41. The van der Waals surface area contributed by atoms with Gasteiger partial charge in [-0.1, -0.05) is 12.8 Å². The summed E-state index contributed by atoms with van der Waals surface area (Å²) in [6, 6.07) is 4.46. The zero-order valence-corrected chi connectivity index (χ0v) is 15.4. The molecule has 2 amide bonds. The van der Waals surface area contributed by atoms with E-state index in [1.807, 2.05) is 13.0 Å². The maximum atomic E-state index is 12.4. The molecule has 0 unspecified atom stereocenters. The molecule has 1 saturated heterocycles. The zero-order valence-electron chi connectivity index (χ0n) is 15.4. The summed E-state index contributed by atoms with van der Waals surface area (Å²) in [5.74, 6) is 1.27. The first-order valence-corrected chi connectivity index (χ1v) is 9.15. The average Bonchev–Trinajstić information content (AvgIpc) is 3.27. The molecule has 1 aromatic carbocycles. The lowest BCUT2D eigenvalue weighted by Gasteiger charge is -2.23. The highest BCUT2D eigenvalue weighted by molar-refractivity contribution is 5.90. The predicted molar refractivity (Wildman–Crippen MR) is 98.7 cm³/mol. The molecule has 1 heterocycles. The van der Waals surface area contributed by atoms with Crippen LogP contribution in [0, 0.1) is 6.92 Å². The van der Waals surface area contributed by atoms with E-state index in [1.165, 1.54) is 25.7 Å². The van der Waals surface area contributed by atoms with Crippen molar-refractivity contribution in [2.24, 2.45) is 0 Å². The molecular weight excluding hydrogens is 318 g/mol. The van der Waals surface area contributed by atoms with Crippen molar-refractivity contribution in [1.82, 2.24) is 10.2 Å². The topological polar surface area (TPSA) is 62.8 Å². The fourth-order valence-corrected chi connectivity index (χ4v) is 3.97. The number of methoxy groups -OCH3 is 2. The third-order valence-electron chi connectivity index (χ3n) is 5.37. The molecule has 2 aliphatic rings. The zero-order chi connectivity index (χ0) is 17.8. The van der Waals surface area contributed by atoms with Crippen LogP contribution in [0.4, 0.5) is 10.5 Å². The molecule has 138 valence electrons. The minimum Gasteiger partial charge on any atom is -0.493 e. The number of hydrogen-bond acceptors (Lipinski definition) is 4. The van der Waals surface area contributed by atoms with Crippen LogP contribution < -0.4 is 20.1 Å². The number of ether oxygens (including phenoxy) is 2. The number of hydrogen-bond donors (Lipinski definition) is 2. The Morgan fingerprint density at radius 1 is 1.12 bits per heavy atom. The molecule has 3 rings (SSSR count). The van der Waals surface area contributed by atoms with Gasteiger partial charge < -0.3 is 20.1 Å². The Balaban J connectivity index is 1.56. The van der Waals surface area contributed by atoms with Crippen molar-refractivity contribution < 1.29 is 14.3 Å². The molecule has 6 nitrogen and oxygen atoms in total. The van der Waals surface area contributed by atoms with Crippen LogP contribution >= 0.6 is 0 Å². The Labute approximate surface area is 149 Å². The van der Waals surface area contributed by atoms with E-state index >= 15 is 0 Å². The molecule has 25 heavy (non-hydrogen) atoms. The molecule has 0 spiro atoms. The molecule has 2 N–H and O–H groups in total. The quantitative estimate of drug-likeness (QED) is 0.859. The summed E-state index contributed by atoms with van der Waals surface area (Å²) in [7, 11) is 3.19. The molecule has 1 atom stereocenters. The predicted octanol–water partition coefficient (Wildman–Crippen LogP) is 3.15. The highest BCUT2D eigenvalue weighted by atomic mass is 16.5. The smallest absolute Gasteiger partial charge is 0.319 e. The number of anilines is 1. The molecule has 2 fully saturated rings. The molecule has 1 aliphatic heterocycles. The molecule has 1 aromatic rings. The summed E-state index contributed by atoms with van der Waals surface area (Å²) in [5, 5.41) is 6.05. The van der Waals surface area contributed by atoms with Crippen LogP contribution in [0.3, 0.4) is 0 Å². The van der Waals surface area contributed by atoms with Crippen LogP contribution in [0.25, 0.3) is 0 Å². The van der Waals surface area contributed by atoms with Crippen molar-refractivity contribution in [1.29, 1.82) is 0 Å². The first-order chi connectivity index (χ1) is 12.1. The van der Waals surface area contributed by atoms with Crippen molar-refractivity contribution in [3.63, 3.8) is 0 Å². The van der Waals surface area contributed by atoms with Gasteiger partial charge in [0, 0.05) is 36.9 Å². The molecule has 0 bridgehead atoms. The van der Waals surface area contributed by atoms with E-state index in [4.69, 9.17) is 9.47 Å². The van der Waals surface area contributed by atoms with Crippen molar-refractivity contribution in [3.05, 3.63) is 17.7 Å². The minimum atomic E-state index is -0.159. The fourth-order valence-electron chi connectivity index (χ4n) is 3.97. The third kappa shape index (κ3) is 4.18. The van der Waals surface area contributed by atoms with Crippen LogP contribution in [0.1, 0.15) is 37.7 Å². The van der Waals surface area contributed by atoms with E-state index in [-0.39, 0.29) is 12.1 Å². The largest absolute Gasteiger partial charge is 0.493 e. The first-order valence-electron chi connectivity index (χ1n) is 9.15. The number of amides is 2. The van der Waals surface area contributed by atoms with E-state index < -0.39 is 0 Å². The van der Waals surface area contributed by atoms with E-state index in [0.717, 1.165) is 36.8 Å². The number of carbonyl (C=O) groups is 1. The minimum absolute atomic E-state index is 0.159. The highest BCUT2D eigenvalue weighted by Gasteiger charge is 2.30. The first kappa shape index (κ1) is 17.9. The summed E-state index contributed by atoms with van der Waals surface area (Å²) in [4.78, 5) is 14.9. The van der Waals surface area contributed by atoms with Gasteiger partial charge in [0.25, 0.3) is 0 Å². The molecule has 1 aliphatic carbocycles. The lowest BCUT2D eigenvalue weighted by molar-refractivity contribution is 0.234. The molecule has 6 heteroatoms. The fraction of sp³-hybridized carbons (Fsp3) is 0.632. The van der Waals surface area contributed by atoms with Gasteiger partial charge in [-0.15, -0.1) is 0 Å². The lowest BCUT2D eigenvalue weighted by atomic mass is 10.1. The van der Waals surface area contributed by atoms with Crippen LogP contribution in [0.15, 0.2) is 12.1 Å². The number of nitrogens with one attached hydrogen (secondary N) is 2. The SMILES string of the molecule is COc1cc(C)c(NC(=O)N[C@H]2CCN(C3CCCC3)C2)cc1OC. The average molecular weight is 347 g/mol. The van der Waals surface area contributed by atoms with Crippen molar-refractivity contribution in [2.75, 3.05) is 32.6 Å². The Bertz CT molecular complexity index is 614. The van der Waals surface area contributed by atoms with Gasteiger partial charge in [0.15, 0.2) is 11.5 Å². The van der Waals surface area contributed by atoms with E-state index in [9.17, 15) is 4.79 Å². The Hall–Kier alpha value is -1.95. The van der Waals surface area contributed by atoms with Gasteiger partial charge in [0.1, 0.15) is 0 Å². The molecular formula is C19H29N3O3. The number of urea groups is 1. The second-order valence-corrected chi connectivity index (χ2v) is 7.04. The normalized spacial score (nSPS) is 21.3. The number of carbonyl (C=O) groups excluding carboxylic acids is 1. The monoisotopic (exact) mass is 347 g/mol. The van der Waals surface area contributed by atoms with E-state index in [2.05, 4.69) is 15.5 Å². The Morgan fingerprint density at radius 3 is 2.48 bits per heavy atom. The van der Waals surface area contributed by atoms with Gasteiger partial charge in [-0.25, -0.2) is 4.79 Å². The van der Waals surface area contributed by atoms with Crippen LogP contribution in [-0.4, -0.2) is 50.3 Å². The third-order valence-corrected chi connectivity index (χ3v) is 5.37. The maximum Gasteiger partial charge on any atom is 0.319 e. The molecule has 1 saturated carbocycles. The van der Waals surface area contributed by atoms with Gasteiger partial charge in [-0.3, -0.25) is 4.90 Å². The van der Waals surface area contributed by atoms with Gasteiger partial charge in [0.2, 0.25) is 0 Å². The van der Waals surface area contributed by atoms with Crippen LogP contribution in [-0.2, 0) is 0 Å².